The molecule has 0 unspecified atom stereocenters. The van der Waals surface area contributed by atoms with Gasteiger partial charge in [0.05, 0.1) is 17.3 Å². The first-order chi connectivity index (χ1) is 14.8. The largest absolute Gasteiger partial charge is 0.478 e. The molecule has 8 heteroatoms. The van der Waals surface area contributed by atoms with Crippen LogP contribution in [0.4, 0.5) is 5.69 Å². The van der Waals surface area contributed by atoms with Crippen LogP contribution in [0.25, 0.3) is 21.3 Å². The summed E-state index contributed by atoms with van der Waals surface area (Å²) in [6.45, 7) is 3.82. The summed E-state index contributed by atoms with van der Waals surface area (Å²) in [6.07, 6.45) is 1.38. The van der Waals surface area contributed by atoms with E-state index in [0.717, 1.165) is 22.3 Å². The van der Waals surface area contributed by atoms with Gasteiger partial charge in [0, 0.05) is 16.6 Å². The maximum atomic E-state index is 13.2. The van der Waals surface area contributed by atoms with Gasteiger partial charge in [-0.1, -0.05) is 23.8 Å². The predicted molar refractivity (Wildman–Crippen MR) is 121 cm³/mol. The van der Waals surface area contributed by atoms with Crippen LogP contribution in [-0.2, 0) is 11.3 Å². The Morgan fingerprint density at radius 3 is 2.52 bits per heavy atom. The summed E-state index contributed by atoms with van der Waals surface area (Å²) < 4.78 is 1.28. The second-order valence-corrected chi connectivity index (χ2v) is 8.11. The fourth-order valence-corrected chi connectivity index (χ4v) is 4.34. The molecule has 0 saturated carbocycles. The number of rotatable bonds is 5. The lowest BCUT2D eigenvalue weighted by atomic mass is 9.99. The SMILES string of the molecule is Cc1ccc(-c2csc3ncn(CC(=O)Nc4ccc(C(=O)O)cc4)c(=O)c23)c(C)c1. The number of thiophene rings is 1. The van der Waals surface area contributed by atoms with Crippen molar-refractivity contribution in [1.29, 1.82) is 0 Å². The molecule has 31 heavy (non-hydrogen) atoms. The van der Waals surface area contributed by atoms with Crippen LogP contribution in [0.2, 0.25) is 0 Å². The molecule has 0 spiro atoms. The molecule has 2 heterocycles. The van der Waals surface area contributed by atoms with E-state index in [1.807, 2.05) is 31.4 Å². The number of nitrogens with zero attached hydrogens (tertiary/aromatic N) is 2. The molecule has 4 rings (SSSR count). The highest BCUT2D eigenvalue weighted by molar-refractivity contribution is 7.17. The number of benzene rings is 2. The Morgan fingerprint density at radius 1 is 1.10 bits per heavy atom. The molecular formula is C23H19N3O4S. The van der Waals surface area contributed by atoms with Crippen molar-refractivity contribution in [2.75, 3.05) is 5.32 Å². The number of hydrogen-bond acceptors (Lipinski definition) is 5. The van der Waals surface area contributed by atoms with Crippen LogP contribution in [0.3, 0.4) is 0 Å². The van der Waals surface area contributed by atoms with E-state index in [0.29, 0.717) is 15.9 Å². The zero-order valence-electron chi connectivity index (χ0n) is 16.9. The summed E-state index contributed by atoms with van der Waals surface area (Å²) in [6, 6.07) is 11.9. The van der Waals surface area contributed by atoms with Gasteiger partial charge in [-0.2, -0.15) is 0 Å². The third kappa shape index (κ3) is 4.10. The first-order valence-electron chi connectivity index (χ1n) is 9.51. The number of fused-ring (bicyclic) bond motifs is 1. The number of aromatic nitrogens is 2. The van der Waals surface area contributed by atoms with Gasteiger partial charge in [-0.25, -0.2) is 9.78 Å². The van der Waals surface area contributed by atoms with Gasteiger partial charge >= 0.3 is 5.97 Å². The monoisotopic (exact) mass is 433 g/mol. The van der Waals surface area contributed by atoms with Crippen LogP contribution in [0, 0.1) is 13.8 Å². The fraction of sp³-hybridized carbons (Fsp3) is 0.130. The summed E-state index contributed by atoms with van der Waals surface area (Å²) in [5.41, 5.74) is 4.29. The molecule has 0 bridgehead atoms. The number of nitrogens with one attached hydrogen (secondary N) is 1. The van der Waals surface area contributed by atoms with Gasteiger partial charge < -0.3 is 10.4 Å². The number of anilines is 1. The van der Waals surface area contributed by atoms with Crippen molar-refractivity contribution in [3.8, 4) is 11.1 Å². The lowest BCUT2D eigenvalue weighted by Gasteiger charge is -2.09. The smallest absolute Gasteiger partial charge is 0.335 e. The average Bonchev–Trinajstić information content (AvgIpc) is 3.15. The van der Waals surface area contributed by atoms with Crippen molar-refractivity contribution in [1.82, 2.24) is 9.55 Å². The first kappa shape index (κ1) is 20.5. The Kier molecular flexibility index (Phi) is 5.39. The molecule has 4 aromatic rings. The first-order valence-corrected chi connectivity index (χ1v) is 10.4. The lowest BCUT2D eigenvalue weighted by molar-refractivity contribution is -0.116. The molecular weight excluding hydrogens is 414 g/mol. The quantitative estimate of drug-likeness (QED) is 0.494. The van der Waals surface area contributed by atoms with Crippen molar-refractivity contribution in [3.05, 3.63) is 81.2 Å². The molecule has 0 aliphatic carbocycles. The second kappa shape index (κ2) is 8.16. The third-order valence-electron chi connectivity index (χ3n) is 4.96. The van der Waals surface area contributed by atoms with E-state index in [1.54, 1.807) is 0 Å². The maximum Gasteiger partial charge on any atom is 0.335 e. The second-order valence-electron chi connectivity index (χ2n) is 7.26. The molecule has 0 aliphatic heterocycles. The fourth-order valence-electron chi connectivity index (χ4n) is 3.45. The normalized spacial score (nSPS) is 10.9. The number of carboxylic acids is 1. The van der Waals surface area contributed by atoms with Gasteiger partial charge in [-0.3, -0.25) is 14.2 Å². The third-order valence-corrected chi connectivity index (χ3v) is 5.85. The zero-order valence-corrected chi connectivity index (χ0v) is 17.7. The number of carbonyl (C=O) groups excluding carboxylic acids is 1. The van der Waals surface area contributed by atoms with Crippen LogP contribution >= 0.6 is 11.3 Å². The van der Waals surface area contributed by atoms with E-state index in [-0.39, 0.29) is 17.7 Å². The summed E-state index contributed by atoms with van der Waals surface area (Å²) in [7, 11) is 0. The molecule has 156 valence electrons. The Bertz CT molecular complexity index is 1370. The van der Waals surface area contributed by atoms with E-state index in [4.69, 9.17) is 5.11 Å². The van der Waals surface area contributed by atoms with E-state index in [2.05, 4.69) is 16.4 Å². The molecule has 0 saturated heterocycles. The Labute approximate surface area is 181 Å². The number of amides is 1. The molecule has 1 amide bonds. The van der Waals surface area contributed by atoms with Crippen LogP contribution in [0.1, 0.15) is 21.5 Å². The molecule has 0 fully saturated rings. The van der Waals surface area contributed by atoms with Gasteiger partial charge in [0.2, 0.25) is 5.91 Å². The molecule has 0 atom stereocenters. The minimum Gasteiger partial charge on any atom is -0.478 e. The van der Waals surface area contributed by atoms with Crippen LogP contribution in [-0.4, -0.2) is 26.5 Å². The van der Waals surface area contributed by atoms with E-state index in [1.165, 1.54) is 46.5 Å². The van der Waals surface area contributed by atoms with Gasteiger partial charge in [-0.15, -0.1) is 11.3 Å². The zero-order chi connectivity index (χ0) is 22.1. The van der Waals surface area contributed by atoms with Gasteiger partial charge in [-0.05, 0) is 49.2 Å². The summed E-state index contributed by atoms with van der Waals surface area (Å²) >= 11 is 1.40. The summed E-state index contributed by atoms with van der Waals surface area (Å²) in [4.78, 5) is 41.5. The van der Waals surface area contributed by atoms with E-state index < -0.39 is 11.9 Å². The number of aryl methyl sites for hydroxylation is 2. The molecule has 2 aromatic heterocycles. The van der Waals surface area contributed by atoms with Crippen LogP contribution in [0.15, 0.2) is 59.0 Å². The highest BCUT2D eigenvalue weighted by atomic mass is 32.1. The molecule has 7 nitrogen and oxygen atoms in total. The predicted octanol–water partition coefficient (Wildman–Crippen LogP) is 4.08. The van der Waals surface area contributed by atoms with Crippen LogP contribution < -0.4 is 10.9 Å². The van der Waals surface area contributed by atoms with Crippen molar-refractivity contribution in [2.24, 2.45) is 0 Å². The standard InChI is InChI=1S/C23H19N3O4S/c1-13-3-8-17(14(2)9-13)18-11-31-21-20(18)22(28)26(12-24-21)10-19(27)25-16-6-4-15(5-7-16)23(29)30/h3-9,11-12H,10H2,1-2H3,(H,25,27)(H,29,30). The Morgan fingerprint density at radius 2 is 1.84 bits per heavy atom. The van der Waals surface area contributed by atoms with E-state index >= 15 is 0 Å². The van der Waals surface area contributed by atoms with Gasteiger partial charge in [0.15, 0.2) is 0 Å². The molecule has 2 N–H and O–H groups in total. The van der Waals surface area contributed by atoms with Crippen molar-refractivity contribution < 1.29 is 14.7 Å². The molecule has 2 aromatic carbocycles. The maximum absolute atomic E-state index is 13.2. The minimum atomic E-state index is -1.04. The number of carbonyl (C=O) groups is 2. The van der Waals surface area contributed by atoms with Crippen molar-refractivity contribution in [2.45, 2.75) is 20.4 Å². The van der Waals surface area contributed by atoms with Crippen molar-refractivity contribution >= 4 is 39.1 Å². The minimum absolute atomic E-state index is 0.125. The molecule has 0 radical (unpaired) electrons. The van der Waals surface area contributed by atoms with Gasteiger partial charge in [0.25, 0.3) is 5.56 Å². The molecule has 0 aliphatic rings. The van der Waals surface area contributed by atoms with Gasteiger partial charge in [0.1, 0.15) is 11.4 Å². The van der Waals surface area contributed by atoms with Crippen molar-refractivity contribution in [3.63, 3.8) is 0 Å². The summed E-state index contributed by atoms with van der Waals surface area (Å²) in [5, 5.41) is 14.0. The number of hydrogen-bond donors (Lipinski definition) is 2. The highest BCUT2D eigenvalue weighted by Crippen LogP contribution is 2.33. The Hall–Kier alpha value is -3.78. The number of aromatic carboxylic acids is 1. The number of carboxylic acid groups (broad SMARTS) is 1. The van der Waals surface area contributed by atoms with Crippen LogP contribution in [0.5, 0.6) is 0 Å². The highest BCUT2D eigenvalue weighted by Gasteiger charge is 2.16. The Balaban J connectivity index is 1.62. The summed E-state index contributed by atoms with van der Waals surface area (Å²) in [5.74, 6) is -1.45. The van der Waals surface area contributed by atoms with E-state index in [9.17, 15) is 14.4 Å². The topological polar surface area (TPSA) is 101 Å². The lowest BCUT2D eigenvalue weighted by Crippen LogP contribution is -2.27. The average molecular weight is 433 g/mol.